The van der Waals surface area contributed by atoms with Gasteiger partial charge in [0.15, 0.2) is 0 Å². The number of hydrogen-bond donors (Lipinski definition) is 2. The second kappa shape index (κ2) is 18.4. The molecule has 8 nitrogen and oxygen atoms in total. The van der Waals surface area contributed by atoms with Gasteiger partial charge in [0.05, 0.1) is 11.5 Å². The Bertz CT molecular complexity index is 861. The summed E-state index contributed by atoms with van der Waals surface area (Å²) in [7, 11) is 0. The standard InChI is InChI=1S/C28H45N5O3/c1-3-5-6-7-8-9-10-11-12-13-14-15-16-17-22-29-27-26(33(34)35)28(31-23-30-27)32-24-18-20-25(21-19-24)36-4-2/h18-21,23H,3-17,22H2,1-2H3,(H2,29,30,31,32). The maximum atomic E-state index is 11.8. The molecule has 2 N–H and O–H groups in total. The molecule has 2 rings (SSSR count). The Morgan fingerprint density at radius 3 is 1.83 bits per heavy atom. The predicted octanol–water partition coefficient (Wildman–Crippen LogP) is 8.42. The van der Waals surface area contributed by atoms with Crippen LogP contribution in [0.15, 0.2) is 30.6 Å². The largest absolute Gasteiger partial charge is 0.494 e. The molecule has 0 unspecified atom stereocenters. The molecule has 0 aliphatic heterocycles. The van der Waals surface area contributed by atoms with Crippen LogP contribution in [0.5, 0.6) is 5.75 Å². The molecule has 0 atom stereocenters. The molecule has 1 aromatic heterocycles. The molecule has 8 heteroatoms. The molecule has 0 radical (unpaired) electrons. The number of anilines is 3. The number of aromatic nitrogens is 2. The van der Waals surface area contributed by atoms with Crippen molar-refractivity contribution in [3.63, 3.8) is 0 Å². The molecule has 0 saturated carbocycles. The molecule has 200 valence electrons. The molecule has 2 aromatic rings. The summed E-state index contributed by atoms with van der Waals surface area (Å²) in [6, 6.07) is 7.23. The Labute approximate surface area is 216 Å². The van der Waals surface area contributed by atoms with E-state index in [4.69, 9.17) is 4.74 Å². The molecular formula is C28H45N5O3. The summed E-state index contributed by atoms with van der Waals surface area (Å²) in [6.45, 7) is 5.42. The molecule has 0 spiro atoms. The maximum Gasteiger partial charge on any atom is 0.353 e. The summed E-state index contributed by atoms with van der Waals surface area (Å²) in [4.78, 5) is 19.5. The van der Waals surface area contributed by atoms with Crippen LogP contribution < -0.4 is 15.4 Å². The van der Waals surface area contributed by atoms with Gasteiger partial charge in [-0.1, -0.05) is 90.4 Å². The summed E-state index contributed by atoms with van der Waals surface area (Å²) in [5.74, 6) is 1.16. The zero-order valence-electron chi connectivity index (χ0n) is 22.3. The number of nitro groups is 1. The fourth-order valence-corrected chi connectivity index (χ4v) is 4.24. The zero-order chi connectivity index (χ0) is 25.8. The summed E-state index contributed by atoms with van der Waals surface area (Å²) in [5.41, 5.74) is 0.551. The van der Waals surface area contributed by atoms with Crippen molar-refractivity contribution in [3.05, 3.63) is 40.7 Å². The molecule has 0 fully saturated rings. The Kier molecular flexibility index (Phi) is 15.0. The average Bonchev–Trinajstić information content (AvgIpc) is 2.87. The molecule has 1 heterocycles. The SMILES string of the molecule is CCCCCCCCCCCCCCCCNc1ncnc(Nc2ccc(OCC)cc2)c1[N+](=O)[O-]. The van der Waals surface area contributed by atoms with Crippen molar-refractivity contribution in [3.8, 4) is 5.75 Å². The van der Waals surface area contributed by atoms with Crippen molar-refractivity contribution >= 4 is 23.0 Å². The second-order valence-electron chi connectivity index (χ2n) is 9.28. The van der Waals surface area contributed by atoms with Gasteiger partial charge in [-0.2, -0.15) is 0 Å². The summed E-state index contributed by atoms with van der Waals surface area (Å²) < 4.78 is 5.44. The Morgan fingerprint density at radius 1 is 0.778 bits per heavy atom. The van der Waals surface area contributed by atoms with Crippen molar-refractivity contribution in [1.29, 1.82) is 0 Å². The van der Waals surface area contributed by atoms with E-state index in [1.807, 2.05) is 19.1 Å². The normalized spacial score (nSPS) is 10.8. The van der Waals surface area contributed by atoms with Crippen LogP contribution in [0.4, 0.5) is 23.0 Å². The molecule has 0 bridgehead atoms. The van der Waals surface area contributed by atoms with Gasteiger partial charge in [0.2, 0.25) is 11.6 Å². The molecular weight excluding hydrogens is 454 g/mol. The van der Waals surface area contributed by atoms with Gasteiger partial charge < -0.3 is 15.4 Å². The fourth-order valence-electron chi connectivity index (χ4n) is 4.24. The monoisotopic (exact) mass is 499 g/mol. The Balaban J connectivity index is 1.64. The van der Waals surface area contributed by atoms with Gasteiger partial charge in [0, 0.05) is 12.2 Å². The van der Waals surface area contributed by atoms with Crippen molar-refractivity contribution in [2.75, 3.05) is 23.8 Å². The van der Waals surface area contributed by atoms with E-state index in [1.54, 1.807) is 12.1 Å². The van der Waals surface area contributed by atoms with Crippen LogP contribution in [0.25, 0.3) is 0 Å². The number of nitrogens with zero attached hydrogens (tertiary/aromatic N) is 3. The third-order valence-corrected chi connectivity index (χ3v) is 6.26. The molecule has 0 aliphatic rings. The minimum atomic E-state index is -0.440. The first kappa shape index (κ1) is 29.3. The van der Waals surface area contributed by atoms with Crippen LogP contribution in [0.3, 0.4) is 0 Å². The minimum absolute atomic E-state index is 0.142. The van der Waals surface area contributed by atoms with Gasteiger partial charge in [0.25, 0.3) is 0 Å². The van der Waals surface area contributed by atoms with E-state index in [9.17, 15) is 10.1 Å². The van der Waals surface area contributed by atoms with E-state index in [0.717, 1.165) is 18.6 Å². The first-order chi connectivity index (χ1) is 17.7. The minimum Gasteiger partial charge on any atom is -0.494 e. The maximum absolute atomic E-state index is 11.8. The predicted molar refractivity (Wildman–Crippen MR) is 148 cm³/mol. The fraction of sp³-hybridized carbons (Fsp3) is 0.643. The van der Waals surface area contributed by atoms with E-state index in [-0.39, 0.29) is 17.3 Å². The van der Waals surface area contributed by atoms with Crippen molar-refractivity contribution < 1.29 is 9.66 Å². The van der Waals surface area contributed by atoms with Gasteiger partial charge in [0.1, 0.15) is 12.1 Å². The van der Waals surface area contributed by atoms with Crippen LogP contribution >= 0.6 is 0 Å². The van der Waals surface area contributed by atoms with E-state index < -0.39 is 4.92 Å². The second-order valence-corrected chi connectivity index (χ2v) is 9.28. The van der Waals surface area contributed by atoms with E-state index >= 15 is 0 Å². The number of nitrogens with one attached hydrogen (secondary N) is 2. The van der Waals surface area contributed by atoms with E-state index in [1.165, 1.54) is 83.4 Å². The quantitative estimate of drug-likeness (QED) is 0.101. The number of benzene rings is 1. The van der Waals surface area contributed by atoms with Gasteiger partial charge >= 0.3 is 5.69 Å². The van der Waals surface area contributed by atoms with Gasteiger partial charge in [-0.25, -0.2) is 9.97 Å². The lowest BCUT2D eigenvalue weighted by molar-refractivity contribution is -0.383. The molecule has 36 heavy (non-hydrogen) atoms. The van der Waals surface area contributed by atoms with Gasteiger partial charge in [-0.3, -0.25) is 10.1 Å². The third kappa shape index (κ3) is 11.7. The highest BCUT2D eigenvalue weighted by Crippen LogP contribution is 2.31. The first-order valence-corrected chi connectivity index (χ1v) is 13.9. The van der Waals surface area contributed by atoms with Crippen LogP contribution in [0.1, 0.15) is 104 Å². The van der Waals surface area contributed by atoms with Crippen LogP contribution in [-0.4, -0.2) is 28.0 Å². The molecule has 0 amide bonds. The lowest BCUT2D eigenvalue weighted by atomic mass is 10.0. The smallest absolute Gasteiger partial charge is 0.353 e. The zero-order valence-corrected chi connectivity index (χ0v) is 22.3. The van der Waals surface area contributed by atoms with Crippen LogP contribution in [-0.2, 0) is 0 Å². The van der Waals surface area contributed by atoms with Crippen molar-refractivity contribution in [2.24, 2.45) is 0 Å². The first-order valence-electron chi connectivity index (χ1n) is 13.9. The van der Waals surface area contributed by atoms with Crippen molar-refractivity contribution in [2.45, 2.75) is 104 Å². The number of unbranched alkanes of at least 4 members (excludes halogenated alkanes) is 13. The Morgan fingerprint density at radius 2 is 1.31 bits per heavy atom. The molecule has 0 saturated heterocycles. The third-order valence-electron chi connectivity index (χ3n) is 6.26. The van der Waals surface area contributed by atoms with E-state index in [2.05, 4.69) is 27.5 Å². The number of ether oxygens (including phenoxy) is 1. The lowest BCUT2D eigenvalue weighted by Crippen LogP contribution is -2.09. The lowest BCUT2D eigenvalue weighted by Gasteiger charge is -2.11. The number of rotatable bonds is 21. The average molecular weight is 500 g/mol. The highest BCUT2D eigenvalue weighted by Gasteiger charge is 2.22. The highest BCUT2D eigenvalue weighted by atomic mass is 16.6. The van der Waals surface area contributed by atoms with Crippen molar-refractivity contribution in [1.82, 2.24) is 9.97 Å². The van der Waals surface area contributed by atoms with Gasteiger partial charge in [-0.05, 0) is 37.6 Å². The van der Waals surface area contributed by atoms with E-state index in [0.29, 0.717) is 18.8 Å². The summed E-state index contributed by atoms with van der Waals surface area (Å²) in [6.07, 6.45) is 19.6. The van der Waals surface area contributed by atoms with Crippen LogP contribution in [0, 0.1) is 10.1 Å². The van der Waals surface area contributed by atoms with Gasteiger partial charge in [-0.15, -0.1) is 0 Å². The Hall–Kier alpha value is -2.90. The summed E-state index contributed by atoms with van der Waals surface area (Å²) >= 11 is 0. The molecule has 0 aliphatic carbocycles. The van der Waals surface area contributed by atoms with Crippen LogP contribution in [0.2, 0.25) is 0 Å². The molecule has 1 aromatic carbocycles. The topological polar surface area (TPSA) is 102 Å². The number of hydrogen-bond acceptors (Lipinski definition) is 7. The highest BCUT2D eigenvalue weighted by molar-refractivity contribution is 5.73. The summed E-state index contributed by atoms with van der Waals surface area (Å²) in [5, 5.41) is 17.9.